The van der Waals surface area contributed by atoms with Crippen molar-refractivity contribution in [2.24, 2.45) is 0 Å². The van der Waals surface area contributed by atoms with Crippen molar-refractivity contribution in [2.45, 2.75) is 6.42 Å². The van der Waals surface area contributed by atoms with Gasteiger partial charge in [-0.05, 0) is 18.2 Å². The molecule has 86 valence electrons. The largest absolute Gasteiger partial charge is 0.504 e. The van der Waals surface area contributed by atoms with Gasteiger partial charge < -0.3 is 20.1 Å². The van der Waals surface area contributed by atoms with Crippen molar-refractivity contribution >= 4 is 11.9 Å². The van der Waals surface area contributed by atoms with Crippen LogP contribution < -0.4 is 0 Å². The molecule has 0 amide bonds. The topological polar surface area (TPSA) is 104 Å². The summed E-state index contributed by atoms with van der Waals surface area (Å²) in [7, 11) is 0. The minimum absolute atomic E-state index is 0.0423. The summed E-state index contributed by atoms with van der Waals surface area (Å²) in [5.41, 5.74) is 0.0423. The van der Waals surface area contributed by atoms with Crippen LogP contribution in [0.3, 0.4) is 0 Å². The van der Waals surface area contributed by atoms with Gasteiger partial charge in [0, 0.05) is 0 Å². The maximum Gasteiger partial charge on any atom is 0.338 e. The molecule has 0 aromatic heterocycles. The summed E-state index contributed by atoms with van der Waals surface area (Å²) in [6.45, 7) is -0.240. The highest BCUT2D eigenvalue weighted by Crippen LogP contribution is 2.25. The van der Waals surface area contributed by atoms with E-state index in [9.17, 15) is 9.59 Å². The predicted molar refractivity (Wildman–Crippen MR) is 52.3 cm³/mol. The van der Waals surface area contributed by atoms with Crippen LogP contribution in [0.4, 0.5) is 0 Å². The summed E-state index contributed by atoms with van der Waals surface area (Å²) >= 11 is 0. The lowest BCUT2D eigenvalue weighted by molar-refractivity contribution is -0.137. The number of hydrogen-bond acceptors (Lipinski definition) is 5. The first-order chi connectivity index (χ1) is 7.50. The molecule has 0 aliphatic rings. The van der Waals surface area contributed by atoms with Gasteiger partial charge in [-0.15, -0.1) is 0 Å². The van der Waals surface area contributed by atoms with E-state index in [0.717, 1.165) is 12.1 Å². The number of aromatic hydroxyl groups is 2. The van der Waals surface area contributed by atoms with Crippen molar-refractivity contribution in [3.8, 4) is 11.5 Å². The molecule has 0 fully saturated rings. The number of hydrogen-bond donors (Lipinski definition) is 3. The van der Waals surface area contributed by atoms with Crippen LogP contribution in [0.15, 0.2) is 18.2 Å². The SMILES string of the molecule is O=C(O)CCOC(=O)c1ccc(O)c(O)c1. The fraction of sp³-hybridized carbons (Fsp3) is 0.200. The Bertz CT molecular complexity index is 412. The number of phenolic OH excluding ortho intramolecular Hbond substituents is 2. The van der Waals surface area contributed by atoms with Gasteiger partial charge in [0.1, 0.15) is 6.61 Å². The first kappa shape index (κ1) is 11.8. The Morgan fingerprint density at radius 2 is 1.88 bits per heavy atom. The number of carbonyl (C=O) groups is 2. The van der Waals surface area contributed by atoms with Crippen LogP contribution >= 0.6 is 0 Å². The van der Waals surface area contributed by atoms with Crippen LogP contribution in [0.1, 0.15) is 16.8 Å². The van der Waals surface area contributed by atoms with E-state index < -0.39 is 17.7 Å². The highest BCUT2D eigenvalue weighted by atomic mass is 16.5. The summed E-state index contributed by atoms with van der Waals surface area (Å²) in [4.78, 5) is 21.4. The Hall–Kier alpha value is -2.24. The molecule has 0 radical (unpaired) electrons. The fourth-order valence-corrected chi connectivity index (χ4v) is 0.965. The zero-order chi connectivity index (χ0) is 12.1. The van der Waals surface area contributed by atoms with E-state index in [1.165, 1.54) is 6.07 Å². The van der Waals surface area contributed by atoms with Crippen LogP contribution in [0.2, 0.25) is 0 Å². The number of carboxylic acids is 1. The van der Waals surface area contributed by atoms with Crippen molar-refractivity contribution in [1.82, 2.24) is 0 Å². The maximum atomic E-state index is 11.3. The summed E-state index contributed by atoms with van der Waals surface area (Å²) < 4.78 is 4.62. The molecule has 0 saturated heterocycles. The molecule has 6 heteroatoms. The molecule has 1 rings (SSSR count). The van der Waals surface area contributed by atoms with E-state index >= 15 is 0 Å². The molecule has 0 spiro atoms. The van der Waals surface area contributed by atoms with Gasteiger partial charge in [0.15, 0.2) is 11.5 Å². The van der Waals surface area contributed by atoms with E-state index in [1.54, 1.807) is 0 Å². The molecular weight excluding hydrogens is 216 g/mol. The van der Waals surface area contributed by atoms with Crippen molar-refractivity contribution < 1.29 is 29.6 Å². The Morgan fingerprint density at radius 1 is 1.19 bits per heavy atom. The standard InChI is InChI=1S/C10H10O6/c11-7-2-1-6(5-8(7)12)10(15)16-4-3-9(13)14/h1-2,5,11-12H,3-4H2,(H,13,14). The number of carbonyl (C=O) groups excluding carboxylic acids is 1. The van der Waals surface area contributed by atoms with E-state index in [4.69, 9.17) is 15.3 Å². The van der Waals surface area contributed by atoms with Gasteiger partial charge in [-0.25, -0.2) is 4.79 Å². The van der Waals surface area contributed by atoms with E-state index in [2.05, 4.69) is 4.74 Å². The minimum atomic E-state index is -1.07. The summed E-state index contributed by atoms with van der Waals surface area (Å²) in [6, 6.07) is 3.44. The third-order valence-corrected chi connectivity index (χ3v) is 1.76. The summed E-state index contributed by atoms with van der Waals surface area (Å²) in [5, 5.41) is 26.4. The minimum Gasteiger partial charge on any atom is -0.504 e. The number of carboxylic acid groups (broad SMARTS) is 1. The van der Waals surface area contributed by atoms with E-state index in [-0.39, 0.29) is 24.3 Å². The van der Waals surface area contributed by atoms with Gasteiger partial charge in [0.2, 0.25) is 0 Å². The Kier molecular flexibility index (Phi) is 3.71. The van der Waals surface area contributed by atoms with Crippen LogP contribution in [0, 0.1) is 0 Å². The van der Waals surface area contributed by atoms with Gasteiger partial charge in [0.25, 0.3) is 0 Å². The molecule has 0 aliphatic carbocycles. The number of rotatable bonds is 4. The quantitative estimate of drug-likeness (QED) is 0.516. The average Bonchev–Trinajstić information content (AvgIpc) is 2.21. The van der Waals surface area contributed by atoms with E-state index in [0.29, 0.717) is 0 Å². The molecule has 1 aromatic carbocycles. The molecule has 16 heavy (non-hydrogen) atoms. The van der Waals surface area contributed by atoms with Gasteiger partial charge in [-0.2, -0.15) is 0 Å². The second kappa shape index (κ2) is 5.01. The van der Waals surface area contributed by atoms with Gasteiger partial charge in [-0.1, -0.05) is 0 Å². The summed E-state index contributed by atoms with van der Waals surface area (Å²) in [6.07, 6.45) is -0.282. The van der Waals surface area contributed by atoms with Crippen LogP contribution in [-0.4, -0.2) is 33.9 Å². The lowest BCUT2D eigenvalue weighted by atomic mass is 10.2. The Labute approximate surface area is 90.7 Å². The number of phenols is 2. The molecule has 1 aromatic rings. The summed E-state index contributed by atoms with van der Waals surface area (Å²) in [5.74, 6) is -2.60. The third kappa shape index (κ3) is 3.16. The molecule has 6 nitrogen and oxygen atoms in total. The molecular formula is C10H10O6. The fourth-order valence-electron chi connectivity index (χ4n) is 0.965. The van der Waals surface area contributed by atoms with Crippen molar-refractivity contribution in [1.29, 1.82) is 0 Å². The van der Waals surface area contributed by atoms with Crippen molar-refractivity contribution in [3.63, 3.8) is 0 Å². The Balaban J connectivity index is 2.59. The molecule has 0 aliphatic heterocycles. The highest BCUT2D eigenvalue weighted by Gasteiger charge is 2.10. The van der Waals surface area contributed by atoms with Crippen LogP contribution in [0.5, 0.6) is 11.5 Å². The zero-order valence-corrected chi connectivity index (χ0v) is 8.21. The monoisotopic (exact) mass is 226 g/mol. The number of aliphatic carboxylic acids is 1. The lowest BCUT2D eigenvalue weighted by Gasteiger charge is -2.04. The Morgan fingerprint density at radius 3 is 2.44 bits per heavy atom. The van der Waals surface area contributed by atoms with Crippen LogP contribution in [-0.2, 0) is 9.53 Å². The molecule has 0 unspecified atom stereocenters. The number of benzene rings is 1. The van der Waals surface area contributed by atoms with Gasteiger partial charge in [0.05, 0.1) is 12.0 Å². The smallest absolute Gasteiger partial charge is 0.338 e. The first-order valence-electron chi connectivity index (χ1n) is 4.41. The van der Waals surface area contributed by atoms with Crippen molar-refractivity contribution in [2.75, 3.05) is 6.61 Å². The number of ether oxygens (including phenoxy) is 1. The molecule has 0 heterocycles. The highest BCUT2D eigenvalue weighted by molar-refractivity contribution is 5.90. The third-order valence-electron chi connectivity index (χ3n) is 1.76. The van der Waals surface area contributed by atoms with Crippen molar-refractivity contribution in [3.05, 3.63) is 23.8 Å². The van der Waals surface area contributed by atoms with Gasteiger partial charge >= 0.3 is 11.9 Å². The second-order valence-corrected chi connectivity index (χ2v) is 2.98. The average molecular weight is 226 g/mol. The number of esters is 1. The normalized spacial score (nSPS) is 9.75. The zero-order valence-electron chi connectivity index (χ0n) is 8.21. The van der Waals surface area contributed by atoms with E-state index in [1.807, 2.05) is 0 Å². The molecule has 0 bridgehead atoms. The predicted octanol–water partition coefficient (Wildman–Crippen LogP) is 0.729. The maximum absolute atomic E-state index is 11.3. The molecule has 0 atom stereocenters. The van der Waals surface area contributed by atoms with Crippen LogP contribution in [0.25, 0.3) is 0 Å². The molecule has 0 saturated carbocycles. The molecule has 3 N–H and O–H groups in total. The second-order valence-electron chi connectivity index (χ2n) is 2.98. The lowest BCUT2D eigenvalue weighted by Crippen LogP contribution is -2.09. The van der Waals surface area contributed by atoms with Gasteiger partial charge in [-0.3, -0.25) is 4.79 Å². The first-order valence-corrected chi connectivity index (χ1v) is 4.41.